The first-order chi connectivity index (χ1) is 39.7. The van der Waals surface area contributed by atoms with Crippen LogP contribution in [0.15, 0.2) is 54.6 Å². The summed E-state index contributed by atoms with van der Waals surface area (Å²) in [5.41, 5.74) is -11.8. The molecule has 3 aromatic carbocycles. The largest absolute Gasteiger partial charge is 0.524 e. The molecule has 3 atom stereocenters. The van der Waals surface area contributed by atoms with E-state index in [1.54, 1.807) is 0 Å². The monoisotopic (exact) mass is 1310 g/mol. The molecule has 0 spiro atoms. The number of phosphoric ester groups is 1. The number of hydrogen-bond acceptors (Lipinski definition) is 13. The first-order valence-electron chi connectivity index (χ1n) is 24.9. The minimum atomic E-state index is -5.72. The van der Waals surface area contributed by atoms with E-state index in [0.29, 0.717) is 24.5 Å². The summed E-state index contributed by atoms with van der Waals surface area (Å²) in [4.78, 5) is 77.8. The van der Waals surface area contributed by atoms with Crippen LogP contribution in [-0.2, 0) is 71.0 Å². The average Bonchev–Trinajstić information content (AvgIpc) is 1.56. The second kappa shape index (κ2) is 22.2. The first-order valence-corrected chi connectivity index (χ1v) is 30.6. The Morgan fingerprint density at radius 3 is 2.07 bits per heavy atom. The zero-order chi connectivity index (χ0) is 65.0. The smallest absolute Gasteiger partial charge is 0.478 e. The molecule has 2 aliphatic rings. The molecular formula is C52H45ClF10N7O14PS2. The highest BCUT2D eigenvalue weighted by Crippen LogP contribution is 2.68. The number of halogens is 11. The van der Waals surface area contributed by atoms with E-state index in [0.717, 1.165) is 56.5 Å². The fourth-order valence-corrected chi connectivity index (χ4v) is 12.0. The molecule has 87 heavy (non-hydrogen) atoms. The summed E-state index contributed by atoms with van der Waals surface area (Å²) < 4.78 is 218. The molecule has 0 saturated heterocycles. The van der Waals surface area contributed by atoms with Crippen LogP contribution in [0.1, 0.15) is 113 Å². The molecule has 0 bridgehead atoms. The van der Waals surface area contributed by atoms with Gasteiger partial charge < -0.3 is 20.1 Å². The maximum absolute atomic E-state index is 15.7. The number of amides is 2. The number of pyridine rings is 1. The van der Waals surface area contributed by atoms with Gasteiger partial charge in [0, 0.05) is 52.3 Å². The van der Waals surface area contributed by atoms with Crippen LogP contribution in [0.4, 0.5) is 49.7 Å². The number of carboxylic acids is 2. The van der Waals surface area contributed by atoms with Gasteiger partial charge in [0.1, 0.15) is 46.6 Å². The standard InChI is InChI=1S/C52H45ClF10N7O14PS2/c1-48(2,40-31(47(75)76)16-24(46(73)74)17-35(40)84-85(77,78)79)20-37(72)70(87(6,82)83)45-39-33(53)10-9-29(42(39)69(67-45)22-50(56,57)58)28-8-7-27(11-12-49(3,4)86(5,80)81)64-41(28)34(15-23-13-25(54)18-26(55)14-23)65-36(71)21-68-44-38(43(66-68)52(61,62)63)30-19-32(30)51(44,59)60/h7-10,13-14,16-18,30,32,34H,15,19-22H2,1-6H3,(H,65,71)(H,73,74)(H,75,76)(H2,77,78,79)/t30-,32+,34-/m0/s1. The molecule has 8 rings (SSSR count). The number of nitrogens with one attached hydrogen (secondary N) is 1. The number of fused-ring (bicyclic) bond motifs is 4. The number of sulfonamides is 1. The SMILES string of the molecule is CC(C)(CC(=O)N(c1nn(CC(F)(F)F)c2c(-c3ccc(C#CC(C)(C)S(C)(=O)=O)nc3[C@H](Cc3cc(F)cc(F)c3)NC(=O)Cn3nc(C(F)(F)F)c4c3C(F)(F)[C@@H]3C[C@H]43)ccc(Cl)c12)S(C)(=O)=O)c1c(OP(=O)(O)O)cc(C(=O)O)cc1C(=O)O. The van der Waals surface area contributed by atoms with Crippen LogP contribution in [0.2, 0.25) is 5.02 Å². The zero-order valence-electron chi connectivity index (χ0n) is 45.4. The Hall–Kier alpha value is -7.63. The molecule has 3 heterocycles. The van der Waals surface area contributed by atoms with Crippen LogP contribution in [-0.4, -0.2) is 109 Å². The van der Waals surface area contributed by atoms with Crippen molar-refractivity contribution < 1.29 is 109 Å². The summed E-state index contributed by atoms with van der Waals surface area (Å²) >= 11 is 6.73. The summed E-state index contributed by atoms with van der Waals surface area (Å²) in [6.07, 6.45) is -11.8. The second-order valence-electron chi connectivity index (χ2n) is 21.6. The lowest BCUT2D eigenvalue weighted by Gasteiger charge is -2.30. The van der Waals surface area contributed by atoms with Crippen LogP contribution < -0.4 is 14.1 Å². The molecular weight excluding hydrogens is 1270 g/mol. The van der Waals surface area contributed by atoms with Crippen molar-refractivity contribution in [2.75, 3.05) is 16.8 Å². The van der Waals surface area contributed by atoms with Gasteiger partial charge in [-0.1, -0.05) is 37.4 Å². The number of carbonyl (C=O) groups is 4. The van der Waals surface area contributed by atoms with E-state index in [9.17, 15) is 95.7 Å². The number of hydrogen-bond donors (Lipinski definition) is 5. The predicted octanol–water partition coefficient (Wildman–Crippen LogP) is 8.82. The number of aromatic nitrogens is 5. The quantitative estimate of drug-likeness (QED) is 0.0305. The third kappa shape index (κ3) is 13.4. The normalized spacial score (nSPS) is 16.4. The molecule has 0 radical (unpaired) electrons. The molecule has 2 aliphatic carbocycles. The molecule has 5 N–H and O–H groups in total. The Kier molecular flexibility index (Phi) is 16.7. The minimum absolute atomic E-state index is 0.116. The highest BCUT2D eigenvalue weighted by Gasteiger charge is 2.68. The lowest BCUT2D eigenvalue weighted by atomic mass is 9.77. The van der Waals surface area contributed by atoms with Crippen molar-refractivity contribution in [3.63, 3.8) is 0 Å². The van der Waals surface area contributed by atoms with E-state index in [1.165, 1.54) is 13.8 Å². The van der Waals surface area contributed by atoms with Gasteiger partial charge in [-0.2, -0.15) is 49.6 Å². The van der Waals surface area contributed by atoms with Crippen LogP contribution in [0.5, 0.6) is 5.75 Å². The Bertz CT molecular complexity index is 4250. The van der Waals surface area contributed by atoms with Crippen molar-refractivity contribution in [2.24, 2.45) is 5.92 Å². The molecule has 0 aliphatic heterocycles. The molecule has 1 saturated carbocycles. The lowest BCUT2D eigenvalue weighted by molar-refractivity contribution is -0.143. The van der Waals surface area contributed by atoms with Crippen LogP contribution in [0.3, 0.4) is 0 Å². The topological polar surface area (TPSA) is 308 Å². The van der Waals surface area contributed by atoms with Crippen molar-refractivity contribution in [2.45, 2.75) is 100 Å². The third-order valence-corrected chi connectivity index (χ3v) is 17.9. The molecule has 1 fully saturated rings. The molecule has 0 unspecified atom stereocenters. The van der Waals surface area contributed by atoms with E-state index in [4.69, 9.17) is 11.6 Å². The van der Waals surface area contributed by atoms with Gasteiger partial charge in [0.05, 0.1) is 45.0 Å². The van der Waals surface area contributed by atoms with Gasteiger partial charge in [0.2, 0.25) is 21.8 Å². The number of carboxylic acid groups (broad SMARTS) is 2. The Morgan fingerprint density at radius 2 is 1.52 bits per heavy atom. The van der Waals surface area contributed by atoms with E-state index in [1.807, 2.05) is 0 Å². The number of nitrogens with zero attached hydrogens (tertiary/aromatic N) is 6. The molecule has 35 heteroatoms. The first kappa shape index (κ1) is 65.3. The van der Waals surface area contributed by atoms with Crippen molar-refractivity contribution in [1.82, 2.24) is 29.9 Å². The molecule has 21 nitrogen and oxygen atoms in total. The van der Waals surface area contributed by atoms with Crippen LogP contribution in [0, 0.1) is 29.4 Å². The number of carbonyl (C=O) groups excluding carboxylic acids is 2. The molecule has 2 amide bonds. The number of sulfone groups is 1. The van der Waals surface area contributed by atoms with Gasteiger partial charge in [-0.15, -0.1) is 0 Å². The van der Waals surface area contributed by atoms with Gasteiger partial charge in [-0.05, 0) is 86.6 Å². The van der Waals surface area contributed by atoms with Crippen LogP contribution in [0.25, 0.3) is 22.0 Å². The Morgan fingerprint density at radius 1 is 0.897 bits per heavy atom. The lowest BCUT2D eigenvalue weighted by Crippen LogP contribution is -2.40. The Labute approximate surface area is 490 Å². The summed E-state index contributed by atoms with van der Waals surface area (Å²) in [6, 6.07) is 5.04. The summed E-state index contributed by atoms with van der Waals surface area (Å²) in [5, 5.41) is 28.1. The van der Waals surface area contributed by atoms with E-state index >= 15 is 8.78 Å². The van der Waals surface area contributed by atoms with Gasteiger partial charge in [-0.3, -0.25) is 28.7 Å². The highest BCUT2D eigenvalue weighted by atomic mass is 35.5. The van der Waals surface area contributed by atoms with Gasteiger partial charge in [-0.25, -0.2) is 44.8 Å². The van der Waals surface area contributed by atoms with E-state index in [2.05, 4.69) is 36.9 Å². The maximum Gasteiger partial charge on any atom is 0.524 e. The van der Waals surface area contributed by atoms with Crippen molar-refractivity contribution >= 4 is 79.8 Å². The number of phosphoric acid groups is 1. The van der Waals surface area contributed by atoms with Gasteiger partial charge >= 0.3 is 32.1 Å². The van der Waals surface area contributed by atoms with Crippen molar-refractivity contribution in [3.8, 4) is 28.7 Å². The minimum Gasteiger partial charge on any atom is -0.478 e. The van der Waals surface area contributed by atoms with E-state index < -0.39 is 219 Å². The van der Waals surface area contributed by atoms with Crippen LogP contribution >= 0.6 is 19.4 Å². The number of anilines is 1. The summed E-state index contributed by atoms with van der Waals surface area (Å²) in [5.74, 6) is -13.4. The molecule has 6 aromatic rings. The third-order valence-electron chi connectivity index (χ3n) is 14.1. The average molecular weight is 1310 g/mol. The van der Waals surface area contributed by atoms with E-state index in [-0.39, 0.29) is 25.7 Å². The number of alkyl halides is 8. The fourth-order valence-electron chi connectivity index (χ4n) is 10.2. The fraction of sp³-hybridized carbons (Fsp3) is 0.365. The number of rotatable bonds is 18. The molecule has 3 aromatic heterocycles. The van der Waals surface area contributed by atoms with Crippen molar-refractivity contribution in [1.29, 1.82) is 0 Å². The second-order valence-corrected chi connectivity index (χ2v) is 27.6. The Balaban J connectivity index is 1.36. The van der Waals surface area contributed by atoms with Gasteiger partial charge in [0.15, 0.2) is 21.3 Å². The maximum atomic E-state index is 15.7. The highest BCUT2D eigenvalue weighted by molar-refractivity contribution is 7.93. The van der Waals surface area contributed by atoms with Crippen molar-refractivity contribution in [3.05, 3.63) is 122 Å². The van der Waals surface area contributed by atoms with Gasteiger partial charge in [0.25, 0.3) is 5.92 Å². The summed E-state index contributed by atoms with van der Waals surface area (Å²) in [7, 11) is -14.9. The molecule has 466 valence electrons. The predicted molar refractivity (Wildman–Crippen MR) is 286 cm³/mol. The zero-order valence-corrected chi connectivity index (χ0v) is 48.7. The number of benzene rings is 3. The number of aromatic carboxylic acids is 2. The summed E-state index contributed by atoms with van der Waals surface area (Å²) in [6.45, 7) is 0.848.